The van der Waals surface area contributed by atoms with E-state index in [9.17, 15) is 29.2 Å². The van der Waals surface area contributed by atoms with E-state index < -0.39 is 34.1 Å². The smallest absolute Gasteiger partial charge is 0.234 e. The van der Waals surface area contributed by atoms with Crippen molar-refractivity contribution in [1.29, 1.82) is 0 Å². The van der Waals surface area contributed by atoms with Gasteiger partial charge in [0.15, 0.2) is 0 Å². The van der Waals surface area contributed by atoms with Gasteiger partial charge in [-0.2, -0.15) is 5.06 Å². The topological polar surface area (TPSA) is 218 Å². The SMILES string of the molecule is C/C=C\C1CC(C)C2C(=O)N(C(C)(C)CN(Cc3cn(CCCNC(=O)C4CC5(CCCCC5)N(O)C45CCCCC5)nn3)C(=O)CCC(=O)NC(C)(C)CCOC(C)(C)CCOCCOCCO)C(=O)C12. The van der Waals surface area contributed by atoms with Crippen LogP contribution in [-0.4, -0.2) is 150 Å². The van der Waals surface area contributed by atoms with Gasteiger partial charge in [-0.1, -0.05) is 62.8 Å². The first kappa shape index (κ1) is 57.5. The molecular weight excluding hydrogens is 921 g/mol. The van der Waals surface area contributed by atoms with Crippen molar-refractivity contribution in [3.05, 3.63) is 24.0 Å². The van der Waals surface area contributed by atoms with Gasteiger partial charge in [0.1, 0.15) is 5.69 Å². The first-order valence-electron chi connectivity index (χ1n) is 27.3. The fourth-order valence-electron chi connectivity index (χ4n) is 12.8. The van der Waals surface area contributed by atoms with Gasteiger partial charge in [0.2, 0.25) is 29.5 Å². The molecule has 5 atom stereocenters. The minimum absolute atomic E-state index is 0.0158. The maximum atomic E-state index is 14.3. The number of nitrogens with one attached hydrogen (secondary N) is 2. The van der Waals surface area contributed by atoms with E-state index in [-0.39, 0.29) is 92.0 Å². The number of ether oxygens (including phenoxy) is 3. The van der Waals surface area contributed by atoms with Crippen molar-refractivity contribution in [2.24, 2.45) is 29.6 Å². The Labute approximate surface area is 429 Å². The Kier molecular flexibility index (Phi) is 20.1. The Morgan fingerprint density at radius 3 is 2.24 bits per heavy atom. The van der Waals surface area contributed by atoms with Crippen LogP contribution in [0.3, 0.4) is 0 Å². The molecule has 406 valence electrons. The summed E-state index contributed by atoms with van der Waals surface area (Å²) in [7, 11) is 0. The third kappa shape index (κ3) is 14.1. The third-order valence-corrected chi connectivity index (χ3v) is 16.5. The molecular formula is C54H90N8O10. The number of likely N-dealkylation sites (tertiary alicyclic amines) is 1. The van der Waals surface area contributed by atoms with Gasteiger partial charge in [-0.15, -0.1) is 5.10 Å². The first-order chi connectivity index (χ1) is 34.2. The molecule has 5 amide bonds. The molecule has 5 fully saturated rings. The molecule has 5 unspecified atom stereocenters. The van der Waals surface area contributed by atoms with E-state index in [1.807, 2.05) is 67.5 Å². The molecule has 3 aliphatic carbocycles. The minimum atomic E-state index is -1.07. The van der Waals surface area contributed by atoms with E-state index >= 15 is 0 Å². The van der Waals surface area contributed by atoms with Crippen LogP contribution in [0.1, 0.15) is 170 Å². The lowest BCUT2D eigenvalue weighted by Gasteiger charge is -2.47. The minimum Gasteiger partial charge on any atom is -0.394 e. The molecule has 0 aromatic carbocycles. The van der Waals surface area contributed by atoms with E-state index in [0.717, 1.165) is 64.2 Å². The summed E-state index contributed by atoms with van der Waals surface area (Å²) in [5.74, 6) is -2.09. The number of carbonyl (C=O) groups is 5. The molecule has 72 heavy (non-hydrogen) atoms. The normalized spacial score (nSPS) is 24.5. The zero-order chi connectivity index (χ0) is 52.3. The number of allylic oxidation sites excluding steroid dienone is 2. The molecule has 18 nitrogen and oxygen atoms in total. The third-order valence-electron chi connectivity index (χ3n) is 16.5. The summed E-state index contributed by atoms with van der Waals surface area (Å²) < 4.78 is 18.7. The molecule has 0 bridgehead atoms. The molecule has 3 heterocycles. The highest BCUT2D eigenvalue weighted by Gasteiger charge is 2.63. The highest BCUT2D eigenvalue weighted by molar-refractivity contribution is 6.06. The Balaban J connectivity index is 1.05. The summed E-state index contributed by atoms with van der Waals surface area (Å²) in [5.41, 5.74) is -2.44. The van der Waals surface area contributed by atoms with Crippen molar-refractivity contribution in [1.82, 2.24) is 40.5 Å². The fourth-order valence-corrected chi connectivity index (χ4v) is 12.8. The molecule has 1 aromatic rings. The van der Waals surface area contributed by atoms with Gasteiger partial charge in [0.25, 0.3) is 0 Å². The monoisotopic (exact) mass is 1010 g/mol. The average Bonchev–Trinajstić information content (AvgIpc) is 4.05. The molecule has 2 saturated heterocycles. The molecule has 3 saturated carbocycles. The van der Waals surface area contributed by atoms with Gasteiger partial charge >= 0.3 is 0 Å². The van der Waals surface area contributed by atoms with Gasteiger partial charge in [0, 0.05) is 56.8 Å². The zero-order valence-corrected chi connectivity index (χ0v) is 45.1. The second-order valence-corrected chi connectivity index (χ2v) is 23.7. The molecule has 18 heteroatoms. The first-order valence-corrected chi connectivity index (χ1v) is 27.3. The Bertz CT molecular complexity index is 2010. The largest absolute Gasteiger partial charge is 0.394 e. The number of amides is 5. The molecule has 6 rings (SSSR count). The van der Waals surface area contributed by atoms with Gasteiger partial charge in [-0.3, -0.25) is 33.6 Å². The van der Waals surface area contributed by atoms with E-state index in [0.29, 0.717) is 70.9 Å². The van der Waals surface area contributed by atoms with E-state index in [4.69, 9.17) is 19.3 Å². The van der Waals surface area contributed by atoms with Gasteiger partial charge in [-0.25, -0.2) is 0 Å². The summed E-state index contributed by atoms with van der Waals surface area (Å²) in [5, 5.41) is 37.4. The van der Waals surface area contributed by atoms with Crippen LogP contribution in [0.4, 0.5) is 0 Å². The number of imide groups is 1. The van der Waals surface area contributed by atoms with Crippen molar-refractivity contribution in [2.45, 2.75) is 205 Å². The number of aliphatic hydroxyl groups is 1. The predicted octanol–water partition coefficient (Wildman–Crippen LogP) is 6.12. The van der Waals surface area contributed by atoms with E-state index in [1.54, 1.807) is 20.8 Å². The van der Waals surface area contributed by atoms with Crippen molar-refractivity contribution in [2.75, 3.05) is 52.7 Å². The van der Waals surface area contributed by atoms with Crippen molar-refractivity contribution >= 4 is 29.5 Å². The van der Waals surface area contributed by atoms with Gasteiger partial charge in [0.05, 0.1) is 73.6 Å². The second kappa shape index (κ2) is 25.1. The lowest BCUT2D eigenvalue weighted by molar-refractivity contribution is -0.231. The van der Waals surface area contributed by atoms with Crippen molar-refractivity contribution in [3.8, 4) is 0 Å². The number of aromatic nitrogens is 3. The number of aryl methyl sites for hydroxylation is 1. The standard InChI is InChI=1S/C54H90N8O10/c1-9-17-40-34-39(2)45-46(40)49(68)61(48(45)67)51(5,6)38-59(44(65)19-18-43(64)56-50(3,4)24-30-72-52(7,8)25-29-70-32-33-71-31-28-63)36-41-37-60(58-57-41)27-16-26-55-47(66)42-35-53(20-12-10-13-21-53)62(69)54(42)22-14-11-15-23-54/h9,17,37,39-40,42,45-46,63,69H,10-16,18-36,38H2,1-8H3,(H,55,66)(H,56,64)/b17-9-. The Morgan fingerprint density at radius 2 is 1.56 bits per heavy atom. The van der Waals surface area contributed by atoms with Crippen molar-refractivity contribution in [3.63, 3.8) is 0 Å². The maximum Gasteiger partial charge on any atom is 0.234 e. The molecule has 1 aromatic heterocycles. The molecule has 2 aliphatic heterocycles. The van der Waals surface area contributed by atoms with E-state index in [1.165, 1.54) is 11.3 Å². The van der Waals surface area contributed by atoms with E-state index in [2.05, 4.69) is 20.9 Å². The summed E-state index contributed by atoms with van der Waals surface area (Å²) in [4.78, 5) is 73.0. The van der Waals surface area contributed by atoms with Gasteiger partial charge in [-0.05, 0) is 118 Å². The highest BCUT2D eigenvalue weighted by Crippen LogP contribution is 2.56. The van der Waals surface area contributed by atoms with Crippen LogP contribution >= 0.6 is 0 Å². The lowest BCUT2D eigenvalue weighted by atomic mass is 9.72. The number of carbonyl (C=O) groups excluding carboxylic acids is 5. The quantitative estimate of drug-likeness (QED) is 0.0445. The number of hydrogen-bond donors (Lipinski definition) is 4. The molecule has 0 radical (unpaired) electrons. The second-order valence-electron chi connectivity index (χ2n) is 23.7. The van der Waals surface area contributed by atoms with Crippen LogP contribution < -0.4 is 10.6 Å². The predicted molar refractivity (Wildman–Crippen MR) is 271 cm³/mol. The van der Waals surface area contributed by atoms with Crippen LogP contribution in [0, 0.1) is 29.6 Å². The molecule has 2 spiro atoms. The zero-order valence-electron chi connectivity index (χ0n) is 45.1. The number of nitrogens with zero attached hydrogens (tertiary/aromatic N) is 6. The van der Waals surface area contributed by atoms with Gasteiger partial charge < -0.3 is 40.1 Å². The number of rotatable bonds is 27. The number of aliphatic hydroxyl groups excluding tert-OH is 1. The fraction of sp³-hybridized carbons (Fsp3) is 0.833. The number of hydroxylamine groups is 2. The highest BCUT2D eigenvalue weighted by atomic mass is 16.5. The van der Waals surface area contributed by atoms with Crippen LogP contribution in [-0.2, 0) is 51.3 Å². The lowest BCUT2D eigenvalue weighted by Crippen LogP contribution is -2.56. The molecule has 4 N–H and O–H groups in total. The summed E-state index contributed by atoms with van der Waals surface area (Å²) in [6.07, 6.45) is 18.9. The van der Waals surface area contributed by atoms with Crippen LogP contribution in [0.2, 0.25) is 0 Å². The van der Waals surface area contributed by atoms with Crippen LogP contribution in [0.5, 0.6) is 0 Å². The summed E-state index contributed by atoms with van der Waals surface area (Å²) >= 11 is 0. The van der Waals surface area contributed by atoms with Crippen LogP contribution in [0.15, 0.2) is 18.3 Å². The van der Waals surface area contributed by atoms with Crippen LogP contribution in [0.25, 0.3) is 0 Å². The Morgan fingerprint density at radius 1 is 0.889 bits per heavy atom. The van der Waals surface area contributed by atoms with Crippen molar-refractivity contribution < 1.29 is 48.5 Å². The number of fused-ring (bicyclic) bond motifs is 1. The molecule has 5 aliphatic rings. The Hall–Kier alpha value is -3.81. The number of hydrogen-bond acceptors (Lipinski definition) is 13. The summed E-state index contributed by atoms with van der Waals surface area (Å²) in [6.45, 7) is 18.4. The summed E-state index contributed by atoms with van der Waals surface area (Å²) in [6, 6.07) is 0. The average molecular weight is 1010 g/mol. The maximum absolute atomic E-state index is 14.3.